The summed E-state index contributed by atoms with van der Waals surface area (Å²) in [6.07, 6.45) is 1.53. The van der Waals surface area contributed by atoms with Crippen LogP contribution in [0.1, 0.15) is 103 Å². The Morgan fingerprint density at radius 3 is 2.14 bits per heavy atom. The molecule has 2 aromatic heterocycles. The van der Waals surface area contributed by atoms with E-state index in [1.165, 1.54) is 17.1 Å². The van der Waals surface area contributed by atoms with E-state index in [0.717, 1.165) is 0 Å². The van der Waals surface area contributed by atoms with Crippen molar-refractivity contribution in [1.29, 1.82) is 0 Å². The van der Waals surface area contributed by atoms with Crippen LogP contribution in [0.5, 0.6) is 0 Å². The first-order chi connectivity index (χ1) is 37.3. The van der Waals surface area contributed by atoms with Crippen LogP contribution in [0.4, 0.5) is 0 Å². The summed E-state index contributed by atoms with van der Waals surface area (Å²) >= 11 is 0. The fourth-order valence-corrected chi connectivity index (χ4v) is 9.90. The minimum Gasteiger partial charge on any atom is -0.481 e. The minimum atomic E-state index is -1.90. The zero-order valence-corrected chi connectivity index (χ0v) is 44.8. The molecule has 7 rings (SSSR count). The molecule has 0 unspecified atom stereocenters. The number of nitrogens with two attached hydrogens (primary N) is 2. The predicted octanol–water partition coefficient (Wildman–Crippen LogP) is -2.69. The smallest absolute Gasteiger partial charge is 0.326 e. The lowest BCUT2D eigenvalue weighted by atomic mass is 9.81. The maximum Gasteiger partial charge on any atom is 0.326 e. The van der Waals surface area contributed by atoms with Crippen LogP contribution in [0.25, 0.3) is 16.7 Å². The number of imidazole rings is 1. The first-order valence-corrected chi connectivity index (χ1v) is 26.2. The normalized spacial score (nSPS) is 23.9. The number of carbonyl (C=O) groups excluding carboxylic acids is 9. The van der Waals surface area contributed by atoms with Crippen molar-refractivity contribution in [3.8, 4) is 5.82 Å². The van der Waals surface area contributed by atoms with Crippen LogP contribution < -0.4 is 59.3 Å². The summed E-state index contributed by atoms with van der Waals surface area (Å²) in [4.78, 5) is 162. The molecular formula is C51H71N15O13. The van der Waals surface area contributed by atoms with Gasteiger partial charge in [0.05, 0.1) is 18.7 Å². The number of benzene rings is 1. The van der Waals surface area contributed by atoms with Crippen LogP contribution in [0, 0.1) is 17.8 Å². The molecule has 6 heterocycles. The van der Waals surface area contributed by atoms with Crippen LogP contribution in [0.15, 0.2) is 35.7 Å². The van der Waals surface area contributed by atoms with E-state index in [-0.39, 0.29) is 80.3 Å². The summed E-state index contributed by atoms with van der Waals surface area (Å²) in [5.74, 6) is -12.1. The summed E-state index contributed by atoms with van der Waals surface area (Å²) in [6.45, 7) is 9.96. The molecule has 79 heavy (non-hydrogen) atoms. The fraction of sp³-hybridized carbons (Fsp3) is 0.549. The van der Waals surface area contributed by atoms with E-state index >= 15 is 0 Å². The number of rotatable bonds is 15. The molecule has 0 aliphatic carbocycles. The van der Waals surface area contributed by atoms with Crippen molar-refractivity contribution in [2.24, 2.45) is 34.2 Å². The second kappa shape index (κ2) is 26.2. The van der Waals surface area contributed by atoms with E-state index < -0.39 is 139 Å². The lowest BCUT2D eigenvalue weighted by Gasteiger charge is -2.33. The molecule has 1 saturated heterocycles. The monoisotopic (exact) mass is 1100 g/mol. The van der Waals surface area contributed by atoms with E-state index in [1.54, 1.807) is 32.0 Å². The molecule has 0 saturated carbocycles. The lowest BCUT2D eigenvalue weighted by molar-refractivity contribution is -0.147. The van der Waals surface area contributed by atoms with Gasteiger partial charge in [-0.05, 0) is 55.1 Å². The number of amides is 9. The Hall–Kier alpha value is -8.59. The highest BCUT2D eigenvalue weighted by Crippen LogP contribution is 2.35. The SMILES string of the molecule is CC(C)C[C@@H]1NC(=O)[C@@H](NC(=O)[C@H]2CCC(=O)N2)[C@H](C(C)C)c2ccc3c4c([nH]c3c2)-n2cnc(c2)C[C@H](C(=O)N[C@H](CC(=O)O)C(=O)O)NC(=O)CNC(=O)[C@H](CCCN=C(N)N)NC(=O)[C@H](C4)NC(=O)[C@H](C(C)C)NC1=O. The number of nitrogens with zero attached hydrogens (tertiary/aromatic N) is 3. The Morgan fingerprint density at radius 2 is 1.51 bits per heavy atom. The Kier molecular flexibility index (Phi) is 19.8. The van der Waals surface area contributed by atoms with Gasteiger partial charge in [0.25, 0.3) is 0 Å². The molecule has 7 bridgehead atoms. The summed E-state index contributed by atoms with van der Waals surface area (Å²) in [5, 5.41) is 43.4. The zero-order chi connectivity index (χ0) is 58.0. The van der Waals surface area contributed by atoms with Gasteiger partial charge in [0.15, 0.2) is 5.96 Å². The van der Waals surface area contributed by atoms with E-state index in [9.17, 15) is 63.0 Å². The lowest BCUT2D eigenvalue weighted by Crippen LogP contribution is -2.61. The molecule has 0 radical (unpaired) electrons. The minimum absolute atomic E-state index is 0.0175. The number of hydrogen-bond acceptors (Lipinski definition) is 13. The average Bonchev–Trinajstić information content (AvgIpc) is 4.36. The van der Waals surface area contributed by atoms with Crippen molar-refractivity contribution in [2.75, 3.05) is 13.1 Å². The maximum atomic E-state index is 15.0. The number of carbonyl (C=O) groups is 11. The number of guanidine groups is 1. The number of aliphatic carboxylic acids is 2. The van der Waals surface area contributed by atoms with E-state index in [0.29, 0.717) is 22.0 Å². The third-order valence-electron chi connectivity index (χ3n) is 13.8. The molecule has 9 atom stereocenters. The molecule has 4 aliphatic heterocycles. The predicted molar refractivity (Wildman–Crippen MR) is 282 cm³/mol. The average molecular weight is 1100 g/mol. The van der Waals surface area contributed by atoms with Crippen molar-refractivity contribution < 1.29 is 63.0 Å². The number of aliphatic imine (C=N–C) groups is 1. The number of hydrogen-bond donors (Lipinski definition) is 14. The molecule has 1 fully saturated rings. The van der Waals surface area contributed by atoms with Gasteiger partial charge in [-0.3, -0.25) is 57.5 Å². The molecule has 428 valence electrons. The number of fused-ring (bicyclic) bond motifs is 13. The second-order valence-corrected chi connectivity index (χ2v) is 21.2. The van der Waals surface area contributed by atoms with Crippen LogP contribution in [0.3, 0.4) is 0 Å². The van der Waals surface area contributed by atoms with Gasteiger partial charge in [-0.25, -0.2) is 9.78 Å². The van der Waals surface area contributed by atoms with Gasteiger partial charge in [-0.1, -0.05) is 53.7 Å². The summed E-state index contributed by atoms with van der Waals surface area (Å²) < 4.78 is 1.51. The molecule has 9 amide bonds. The number of aromatic nitrogens is 3. The van der Waals surface area contributed by atoms with Crippen molar-refractivity contribution >= 4 is 82.0 Å². The highest BCUT2D eigenvalue weighted by molar-refractivity contribution is 6.00. The Labute approximate surface area is 453 Å². The van der Waals surface area contributed by atoms with Gasteiger partial charge in [0.2, 0.25) is 53.2 Å². The van der Waals surface area contributed by atoms with Gasteiger partial charge < -0.3 is 74.5 Å². The zero-order valence-electron chi connectivity index (χ0n) is 44.8. The van der Waals surface area contributed by atoms with Crippen LogP contribution in [0.2, 0.25) is 0 Å². The number of carboxylic acids is 2. The fourth-order valence-electron chi connectivity index (χ4n) is 9.90. The van der Waals surface area contributed by atoms with E-state index in [4.69, 9.17) is 11.5 Å². The van der Waals surface area contributed by atoms with Crippen LogP contribution >= 0.6 is 0 Å². The summed E-state index contributed by atoms with van der Waals surface area (Å²) in [5.41, 5.74) is 12.6. The van der Waals surface area contributed by atoms with Crippen LogP contribution in [-0.2, 0) is 65.6 Å². The Morgan fingerprint density at radius 1 is 0.797 bits per heavy atom. The number of carboxylic acid groups (broad SMARTS) is 2. The highest BCUT2D eigenvalue weighted by Gasteiger charge is 2.41. The quantitative estimate of drug-likeness (QED) is 0.0319. The van der Waals surface area contributed by atoms with Crippen molar-refractivity contribution in [3.63, 3.8) is 0 Å². The van der Waals surface area contributed by atoms with Crippen molar-refractivity contribution in [1.82, 2.24) is 62.4 Å². The first-order valence-electron chi connectivity index (χ1n) is 26.2. The topological polar surface area (TPSA) is 435 Å². The van der Waals surface area contributed by atoms with E-state index in [1.807, 2.05) is 27.7 Å². The third-order valence-corrected chi connectivity index (χ3v) is 13.8. The number of nitrogens with one attached hydrogen (secondary N) is 10. The Balaban J connectivity index is 1.57. The molecule has 28 heteroatoms. The Bertz CT molecular complexity index is 2870. The third kappa shape index (κ3) is 15.6. The van der Waals surface area contributed by atoms with Gasteiger partial charge in [-0.15, -0.1) is 0 Å². The van der Waals surface area contributed by atoms with Crippen LogP contribution in [-0.4, -0.2) is 157 Å². The van der Waals surface area contributed by atoms with Gasteiger partial charge in [-0.2, -0.15) is 0 Å². The van der Waals surface area contributed by atoms with Crippen molar-refractivity contribution in [3.05, 3.63) is 47.5 Å². The molecule has 0 spiro atoms. The molecule has 28 nitrogen and oxygen atoms in total. The highest BCUT2D eigenvalue weighted by atomic mass is 16.4. The maximum absolute atomic E-state index is 15.0. The number of aromatic amines is 1. The van der Waals surface area contributed by atoms with E-state index in [2.05, 4.69) is 62.8 Å². The largest absolute Gasteiger partial charge is 0.481 e. The second-order valence-electron chi connectivity index (χ2n) is 21.2. The van der Waals surface area contributed by atoms with Crippen molar-refractivity contribution in [2.45, 2.75) is 147 Å². The standard InChI is InChI=1S/C51H71N15O13/c1-22(2)14-32-47(75)64-40(24(5)6)48(76)62-34-17-28-27-10-9-25(39(23(3)4)41(49(77)61-32)65-44(72)30-11-12-36(67)57-30)15-31(27)59-42(28)66-20-26(56-21-66)16-33(45(73)63-35(50(78)79)18-38(69)70)58-37(68)19-55-43(71)29(60-46(34)74)8-7-13-54-51(52)53/h9-10,15,20-24,29-30,32-35,39-41,59H,7-8,11-14,16-19H2,1-6H3,(H,55,71)(H,57,67)(H,58,68)(H,60,74)(H,61,77)(H,62,76)(H,63,73)(H,64,75)(H,65,72)(H,69,70)(H,78,79)(H4,52,53,54)/t29-,30+,32-,33+,34-,35+,39+,40-,41-/m0/s1. The molecule has 16 N–H and O–H groups in total. The number of H-pyrrole nitrogens is 1. The molecular weight excluding hydrogens is 1030 g/mol. The molecule has 1 aromatic carbocycles. The van der Waals surface area contributed by atoms with Gasteiger partial charge >= 0.3 is 11.9 Å². The summed E-state index contributed by atoms with van der Waals surface area (Å²) in [6, 6.07) is -6.02. The molecule has 4 aliphatic rings. The summed E-state index contributed by atoms with van der Waals surface area (Å²) in [7, 11) is 0. The first kappa shape index (κ1) is 59.7. The van der Waals surface area contributed by atoms with Gasteiger partial charge in [0, 0.05) is 54.4 Å². The van der Waals surface area contributed by atoms with Gasteiger partial charge in [0.1, 0.15) is 60.5 Å². The molecule has 3 aromatic rings.